The SMILES string of the molecule is CC(C)(c1ccc([O-])cc1)c1ccc(OCC(=O)[O-])cc1.[Na+].[Na+]. The van der Waals surface area contributed by atoms with E-state index in [1.807, 2.05) is 24.3 Å². The number of carboxylic acid groups (broad SMARTS) is 1. The summed E-state index contributed by atoms with van der Waals surface area (Å²) in [4.78, 5) is 10.3. The van der Waals surface area contributed by atoms with Gasteiger partial charge in [-0.1, -0.05) is 50.2 Å². The molecule has 0 saturated carbocycles. The van der Waals surface area contributed by atoms with Crippen LogP contribution < -0.4 is 74.1 Å². The van der Waals surface area contributed by atoms with Gasteiger partial charge in [0.25, 0.3) is 0 Å². The Labute approximate surface area is 180 Å². The molecule has 2 rings (SSSR count). The summed E-state index contributed by atoms with van der Waals surface area (Å²) in [7, 11) is 0. The van der Waals surface area contributed by atoms with E-state index in [4.69, 9.17) is 4.74 Å². The summed E-state index contributed by atoms with van der Waals surface area (Å²) in [6.45, 7) is 3.65. The predicted molar refractivity (Wildman–Crippen MR) is 75.0 cm³/mol. The molecule has 0 aliphatic heterocycles. The number of carbonyl (C=O) groups is 1. The summed E-state index contributed by atoms with van der Waals surface area (Å²) < 4.78 is 5.05. The van der Waals surface area contributed by atoms with E-state index in [-0.39, 0.29) is 70.3 Å². The summed E-state index contributed by atoms with van der Waals surface area (Å²) in [5.41, 5.74) is 1.81. The molecule has 0 atom stereocenters. The Morgan fingerprint density at radius 3 is 1.83 bits per heavy atom. The van der Waals surface area contributed by atoms with E-state index < -0.39 is 12.6 Å². The molecular weight excluding hydrogens is 314 g/mol. The molecule has 0 unspecified atom stereocenters. The molecule has 6 heteroatoms. The number of carbonyl (C=O) groups excluding carboxylic acids is 1. The van der Waals surface area contributed by atoms with Crippen LogP contribution in [0.5, 0.6) is 11.5 Å². The van der Waals surface area contributed by atoms with Gasteiger partial charge in [0.1, 0.15) is 12.4 Å². The van der Waals surface area contributed by atoms with Crippen molar-refractivity contribution in [3.8, 4) is 11.5 Å². The topological polar surface area (TPSA) is 72.4 Å². The summed E-state index contributed by atoms with van der Waals surface area (Å²) in [5.74, 6) is -0.786. The van der Waals surface area contributed by atoms with E-state index in [0.717, 1.165) is 11.1 Å². The number of benzene rings is 2. The van der Waals surface area contributed by atoms with Crippen LogP contribution in [0.2, 0.25) is 0 Å². The quantitative estimate of drug-likeness (QED) is 0.516. The van der Waals surface area contributed by atoms with Gasteiger partial charge in [-0.25, -0.2) is 0 Å². The average molecular weight is 330 g/mol. The first kappa shape index (κ1) is 22.5. The van der Waals surface area contributed by atoms with Crippen LogP contribution in [0.4, 0.5) is 0 Å². The minimum Gasteiger partial charge on any atom is -0.872 e. The van der Waals surface area contributed by atoms with Crippen LogP contribution in [0.15, 0.2) is 48.5 Å². The largest absolute Gasteiger partial charge is 1.00 e. The van der Waals surface area contributed by atoms with E-state index >= 15 is 0 Å². The zero-order chi connectivity index (χ0) is 15.5. The summed E-state index contributed by atoms with van der Waals surface area (Å²) >= 11 is 0. The molecule has 0 aliphatic carbocycles. The van der Waals surface area contributed by atoms with Gasteiger partial charge in [0, 0.05) is 5.41 Å². The van der Waals surface area contributed by atoms with Crippen LogP contribution in [0.3, 0.4) is 0 Å². The van der Waals surface area contributed by atoms with Gasteiger partial charge in [-0.3, -0.25) is 0 Å². The molecule has 0 saturated heterocycles. The first-order valence-electron chi connectivity index (χ1n) is 6.60. The third-order valence-corrected chi connectivity index (χ3v) is 3.51. The summed E-state index contributed by atoms with van der Waals surface area (Å²) in [6, 6.07) is 14.0. The van der Waals surface area contributed by atoms with Gasteiger partial charge in [0.2, 0.25) is 0 Å². The molecule has 0 bridgehead atoms. The second-order valence-corrected chi connectivity index (χ2v) is 5.33. The monoisotopic (exact) mass is 330 g/mol. The third-order valence-electron chi connectivity index (χ3n) is 3.51. The number of carboxylic acids is 1. The fraction of sp³-hybridized carbons (Fsp3) is 0.235. The number of aliphatic carboxylic acids is 1. The van der Waals surface area contributed by atoms with Crippen molar-refractivity contribution in [3.63, 3.8) is 0 Å². The number of hydrogen-bond donors (Lipinski definition) is 0. The first-order valence-corrected chi connectivity index (χ1v) is 6.60. The van der Waals surface area contributed by atoms with Crippen LogP contribution in [-0.4, -0.2) is 12.6 Å². The second kappa shape index (κ2) is 9.72. The van der Waals surface area contributed by atoms with Gasteiger partial charge in [-0.2, -0.15) is 0 Å². The van der Waals surface area contributed by atoms with Crippen molar-refractivity contribution in [2.75, 3.05) is 6.61 Å². The van der Waals surface area contributed by atoms with Crippen LogP contribution >= 0.6 is 0 Å². The fourth-order valence-corrected chi connectivity index (χ4v) is 2.15. The average Bonchev–Trinajstić information content (AvgIpc) is 2.46. The van der Waals surface area contributed by atoms with Crippen molar-refractivity contribution in [1.29, 1.82) is 0 Å². The molecule has 0 fully saturated rings. The Morgan fingerprint density at radius 2 is 1.39 bits per heavy atom. The van der Waals surface area contributed by atoms with Crippen molar-refractivity contribution in [2.45, 2.75) is 19.3 Å². The molecule has 23 heavy (non-hydrogen) atoms. The van der Waals surface area contributed by atoms with Crippen molar-refractivity contribution >= 4 is 5.97 Å². The Kier molecular flexibility index (Phi) is 9.51. The zero-order valence-corrected chi connectivity index (χ0v) is 18.0. The van der Waals surface area contributed by atoms with Gasteiger partial charge in [-0.05, 0) is 23.3 Å². The van der Waals surface area contributed by atoms with Crippen molar-refractivity contribution in [3.05, 3.63) is 59.7 Å². The van der Waals surface area contributed by atoms with Crippen molar-refractivity contribution in [1.82, 2.24) is 0 Å². The number of ether oxygens (including phenoxy) is 1. The van der Waals surface area contributed by atoms with Gasteiger partial charge < -0.3 is 19.7 Å². The van der Waals surface area contributed by atoms with E-state index in [1.54, 1.807) is 24.3 Å². The molecular formula is C17H16Na2O4. The predicted octanol–water partition coefficient (Wildman–Crippen LogP) is -4.78. The fourth-order valence-electron chi connectivity index (χ4n) is 2.15. The minimum atomic E-state index is -1.25. The van der Waals surface area contributed by atoms with Gasteiger partial charge in [0.15, 0.2) is 0 Å². The molecule has 0 aromatic heterocycles. The normalized spacial score (nSPS) is 10.2. The molecule has 0 heterocycles. The van der Waals surface area contributed by atoms with Crippen molar-refractivity contribution in [2.24, 2.45) is 0 Å². The molecule has 0 amide bonds. The Bertz CT molecular complexity index is 622. The molecule has 0 aliphatic rings. The van der Waals surface area contributed by atoms with E-state index in [2.05, 4.69) is 13.8 Å². The smallest absolute Gasteiger partial charge is 0.872 e. The van der Waals surface area contributed by atoms with E-state index in [0.29, 0.717) is 5.75 Å². The molecule has 2 aromatic carbocycles. The maximum Gasteiger partial charge on any atom is 1.00 e. The number of hydrogen-bond acceptors (Lipinski definition) is 4. The Hall–Kier alpha value is -0.490. The molecule has 0 N–H and O–H groups in total. The Balaban J connectivity index is 0.00000242. The summed E-state index contributed by atoms with van der Waals surface area (Å²) in [6.07, 6.45) is 0. The van der Waals surface area contributed by atoms with Crippen LogP contribution in [0.25, 0.3) is 0 Å². The zero-order valence-electron chi connectivity index (χ0n) is 14.0. The molecule has 2 aromatic rings. The van der Waals surface area contributed by atoms with E-state index in [1.165, 1.54) is 0 Å². The van der Waals surface area contributed by atoms with Gasteiger partial charge in [-0.15, -0.1) is 5.75 Å². The minimum absolute atomic E-state index is 0. The molecule has 110 valence electrons. The maximum atomic E-state index is 11.2. The number of rotatable bonds is 5. The first-order chi connectivity index (χ1) is 9.89. The van der Waals surface area contributed by atoms with Crippen molar-refractivity contribution < 1.29 is 78.9 Å². The molecule has 4 nitrogen and oxygen atoms in total. The van der Waals surface area contributed by atoms with Crippen LogP contribution in [-0.2, 0) is 10.2 Å². The molecule has 0 spiro atoms. The van der Waals surface area contributed by atoms with Crippen LogP contribution in [0, 0.1) is 0 Å². The van der Waals surface area contributed by atoms with Gasteiger partial charge in [0.05, 0.1) is 5.97 Å². The van der Waals surface area contributed by atoms with Crippen LogP contribution in [0.1, 0.15) is 25.0 Å². The summed E-state index contributed by atoms with van der Waals surface area (Å²) in [5, 5.41) is 21.5. The third kappa shape index (κ3) is 6.14. The van der Waals surface area contributed by atoms with E-state index in [9.17, 15) is 15.0 Å². The standard InChI is InChI=1S/C17H18O4.2Na/c1-17(2,12-3-7-14(18)8-4-12)13-5-9-15(10-6-13)21-11-16(19)20;;/h3-10,18H,11H2,1-2H3,(H,19,20);;/q;2*+1/p-2. The van der Waals surface area contributed by atoms with Gasteiger partial charge >= 0.3 is 59.1 Å². The molecule has 0 radical (unpaired) electrons. The second-order valence-electron chi connectivity index (χ2n) is 5.33. The maximum absolute atomic E-state index is 11.2. The Morgan fingerprint density at radius 1 is 0.957 bits per heavy atom.